The molecule has 2 nitrogen and oxygen atoms in total. The zero-order valence-corrected chi connectivity index (χ0v) is 10.6. The minimum absolute atomic E-state index is 0.302. The summed E-state index contributed by atoms with van der Waals surface area (Å²) in [5, 5.41) is 0. The number of thioether (sulfide) groups is 1. The van der Waals surface area contributed by atoms with Crippen molar-refractivity contribution >= 4 is 17.4 Å². The number of benzene rings is 2. The van der Waals surface area contributed by atoms with Crippen molar-refractivity contribution in [3.05, 3.63) is 59.9 Å². The lowest BCUT2D eigenvalue weighted by Crippen LogP contribution is -1.93. The van der Waals surface area contributed by atoms with Gasteiger partial charge in [0.2, 0.25) is 0 Å². The summed E-state index contributed by atoms with van der Waals surface area (Å²) in [6.45, 7) is 0.532. The Morgan fingerprint density at radius 1 is 1.11 bits per heavy atom. The molecule has 94 valence electrons. The Kier molecular flexibility index (Phi) is 4.61. The van der Waals surface area contributed by atoms with Crippen molar-refractivity contribution in [2.45, 2.75) is 11.5 Å². The van der Waals surface area contributed by atoms with Gasteiger partial charge in [0.15, 0.2) is 0 Å². The van der Waals surface area contributed by atoms with Crippen LogP contribution in [0.5, 0.6) is 0 Å². The van der Waals surface area contributed by atoms with Gasteiger partial charge in [-0.1, -0.05) is 42.1 Å². The number of hydrogen-bond donors (Lipinski definition) is 1. The Balaban J connectivity index is 1.79. The smallest absolute Gasteiger partial charge is 0.138 e. The van der Waals surface area contributed by atoms with Gasteiger partial charge in [0.05, 0.1) is 12.5 Å². The van der Waals surface area contributed by atoms with E-state index in [4.69, 9.17) is 10.5 Å². The Morgan fingerprint density at radius 2 is 1.89 bits per heavy atom. The van der Waals surface area contributed by atoms with E-state index in [0.29, 0.717) is 23.1 Å². The zero-order chi connectivity index (χ0) is 12.8. The van der Waals surface area contributed by atoms with E-state index in [1.54, 1.807) is 12.1 Å². The highest BCUT2D eigenvalue weighted by molar-refractivity contribution is 7.99. The van der Waals surface area contributed by atoms with Crippen LogP contribution in [0.1, 0.15) is 5.56 Å². The molecule has 0 heterocycles. The standard InChI is InChI=1S/C14H14FNOS/c15-13-8-12(16)6-7-14(13)18-10-17-9-11-4-2-1-3-5-11/h1-8H,9-10,16H2. The third-order valence-electron chi connectivity index (χ3n) is 2.37. The van der Waals surface area contributed by atoms with Gasteiger partial charge in [-0.2, -0.15) is 0 Å². The molecule has 18 heavy (non-hydrogen) atoms. The Morgan fingerprint density at radius 3 is 2.61 bits per heavy atom. The summed E-state index contributed by atoms with van der Waals surface area (Å²) >= 11 is 1.32. The number of ether oxygens (including phenoxy) is 1. The third kappa shape index (κ3) is 3.75. The van der Waals surface area contributed by atoms with E-state index < -0.39 is 0 Å². The van der Waals surface area contributed by atoms with Gasteiger partial charge in [-0.05, 0) is 23.8 Å². The molecule has 0 fully saturated rings. The molecule has 0 saturated carbocycles. The second-order valence-corrected chi connectivity index (χ2v) is 4.75. The summed E-state index contributed by atoms with van der Waals surface area (Å²) < 4.78 is 18.9. The van der Waals surface area contributed by atoms with Crippen molar-refractivity contribution < 1.29 is 9.13 Å². The second-order valence-electron chi connectivity index (χ2n) is 3.79. The van der Waals surface area contributed by atoms with Gasteiger partial charge in [-0.3, -0.25) is 0 Å². The lowest BCUT2D eigenvalue weighted by molar-refractivity contribution is 0.169. The number of halogens is 1. The first-order valence-corrected chi connectivity index (χ1v) is 6.54. The maximum Gasteiger partial charge on any atom is 0.138 e. The monoisotopic (exact) mass is 263 g/mol. The third-order valence-corrected chi connectivity index (χ3v) is 3.29. The van der Waals surface area contributed by atoms with E-state index in [0.717, 1.165) is 5.56 Å². The molecule has 4 heteroatoms. The summed E-state index contributed by atoms with van der Waals surface area (Å²) in [6.07, 6.45) is 0. The predicted molar refractivity (Wildman–Crippen MR) is 72.8 cm³/mol. The fourth-order valence-corrected chi connectivity index (χ4v) is 2.13. The molecule has 0 spiro atoms. The van der Waals surface area contributed by atoms with Crippen molar-refractivity contribution in [2.75, 3.05) is 11.7 Å². The fraction of sp³-hybridized carbons (Fsp3) is 0.143. The van der Waals surface area contributed by atoms with Crippen LogP contribution in [0, 0.1) is 5.82 Å². The summed E-state index contributed by atoms with van der Waals surface area (Å²) in [5.74, 6) is 0.110. The fourth-order valence-electron chi connectivity index (χ4n) is 1.47. The zero-order valence-electron chi connectivity index (χ0n) is 9.80. The van der Waals surface area contributed by atoms with Gasteiger partial charge < -0.3 is 10.5 Å². The topological polar surface area (TPSA) is 35.2 Å². The Bertz CT molecular complexity index is 504. The maximum absolute atomic E-state index is 13.4. The van der Waals surface area contributed by atoms with Crippen LogP contribution in [-0.2, 0) is 11.3 Å². The number of nitrogen functional groups attached to an aromatic ring is 1. The molecule has 0 aliphatic carbocycles. The van der Waals surface area contributed by atoms with Crippen molar-refractivity contribution in [1.29, 1.82) is 0 Å². The van der Waals surface area contributed by atoms with Gasteiger partial charge in [0.1, 0.15) is 5.82 Å². The van der Waals surface area contributed by atoms with Crippen LogP contribution >= 0.6 is 11.8 Å². The molecule has 2 N–H and O–H groups in total. The maximum atomic E-state index is 13.4. The van der Waals surface area contributed by atoms with E-state index in [9.17, 15) is 4.39 Å². The van der Waals surface area contributed by atoms with Crippen LogP contribution in [0.25, 0.3) is 0 Å². The van der Waals surface area contributed by atoms with Crippen LogP contribution in [0.3, 0.4) is 0 Å². The number of hydrogen-bond acceptors (Lipinski definition) is 3. The van der Waals surface area contributed by atoms with Gasteiger partial charge in [0.25, 0.3) is 0 Å². The summed E-state index contributed by atoms with van der Waals surface area (Å²) in [6, 6.07) is 14.5. The SMILES string of the molecule is Nc1ccc(SCOCc2ccccc2)c(F)c1. The van der Waals surface area contributed by atoms with E-state index in [2.05, 4.69) is 0 Å². The molecule has 0 saturated heterocycles. The molecule has 0 radical (unpaired) electrons. The molecule has 0 bridgehead atoms. The normalized spacial score (nSPS) is 10.5. The van der Waals surface area contributed by atoms with Crippen molar-refractivity contribution in [3.63, 3.8) is 0 Å². The Labute approximate surface area is 110 Å². The molecule has 0 aromatic heterocycles. The summed E-state index contributed by atoms with van der Waals surface area (Å²) in [7, 11) is 0. The first-order valence-electron chi connectivity index (χ1n) is 5.55. The first-order chi connectivity index (χ1) is 8.75. The highest BCUT2D eigenvalue weighted by atomic mass is 32.2. The van der Waals surface area contributed by atoms with Crippen LogP contribution in [0.2, 0.25) is 0 Å². The summed E-state index contributed by atoms with van der Waals surface area (Å²) in [5.41, 5.74) is 7.02. The largest absolute Gasteiger partial charge is 0.399 e. The van der Waals surface area contributed by atoms with E-state index in [1.807, 2.05) is 30.3 Å². The molecule has 2 aromatic rings. The van der Waals surface area contributed by atoms with Crippen LogP contribution in [0.15, 0.2) is 53.4 Å². The first kappa shape index (κ1) is 12.9. The molecule has 0 unspecified atom stereocenters. The second kappa shape index (κ2) is 6.42. The molecule has 0 aliphatic rings. The van der Waals surface area contributed by atoms with Gasteiger partial charge in [-0.25, -0.2) is 4.39 Å². The molecule has 2 rings (SSSR count). The number of nitrogens with two attached hydrogens (primary N) is 1. The van der Waals surface area contributed by atoms with Gasteiger partial charge in [-0.15, -0.1) is 0 Å². The molecule has 0 aliphatic heterocycles. The van der Waals surface area contributed by atoms with Crippen LogP contribution in [0.4, 0.5) is 10.1 Å². The number of rotatable bonds is 5. The van der Waals surface area contributed by atoms with Gasteiger partial charge in [0, 0.05) is 10.6 Å². The molecule has 0 atom stereocenters. The molecule has 0 amide bonds. The average molecular weight is 263 g/mol. The lowest BCUT2D eigenvalue weighted by atomic mass is 10.2. The quantitative estimate of drug-likeness (QED) is 0.387. The van der Waals surface area contributed by atoms with E-state index in [-0.39, 0.29) is 5.82 Å². The van der Waals surface area contributed by atoms with Crippen molar-refractivity contribution in [3.8, 4) is 0 Å². The number of anilines is 1. The average Bonchev–Trinajstić information content (AvgIpc) is 2.38. The van der Waals surface area contributed by atoms with Crippen LogP contribution < -0.4 is 5.73 Å². The Hall–Kier alpha value is -1.52. The van der Waals surface area contributed by atoms with Crippen molar-refractivity contribution in [2.24, 2.45) is 0 Å². The molecular formula is C14H14FNOS. The summed E-state index contributed by atoms with van der Waals surface area (Å²) in [4.78, 5) is 0.553. The van der Waals surface area contributed by atoms with Crippen LogP contribution in [-0.4, -0.2) is 5.94 Å². The predicted octanol–water partition coefficient (Wildman–Crippen LogP) is 3.67. The van der Waals surface area contributed by atoms with E-state index >= 15 is 0 Å². The van der Waals surface area contributed by atoms with Crippen molar-refractivity contribution in [1.82, 2.24) is 0 Å². The van der Waals surface area contributed by atoms with Gasteiger partial charge >= 0.3 is 0 Å². The lowest BCUT2D eigenvalue weighted by Gasteiger charge is -2.05. The highest BCUT2D eigenvalue weighted by Gasteiger charge is 2.03. The molecule has 2 aromatic carbocycles. The highest BCUT2D eigenvalue weighted by Crippen LogP contribution is 2.23. The van der Waals surface area contributed by atoms with E-state index in [1.165, 1.54) is 17.8 Å². The molecular weight excluding hydrogens is 249 g/mol. The minimum atomic E-state index is -0.302. The minimum Gasteiger partial charge on any atom is -0.399 e.